The molecule has 27 heavy (non-hydrogen) atoms. The fourth-order valence-corrected chi connectivity index (χ4v) is 4.97. The van der Waals surface area contributed by atoms with Crippen LogP contribution in [-0.4, -0.2) is 24.0 Å². The van der Waals surface area contributed by atoms with Crippen LogP contribution in [0.1, 0.15) is 49.1 Å². The van der Waals surface area contributed by atoms with Gasteiger partial charge in [0, 0.05) is 18.0 Å². The molecule has 0 amide bonds. The Labute approximate surface area is 157 Å². The minimum Gasteiger partial charge on any atom is -0.300 e. The Morgan fingerprint density at radius 3 is 1.74 bits per heavy atom. The molecule has 5 heteroatoms. The number of nitrogens with zero attached hydrogens (tertiary/aromatic N) is 1. The maximum absolute atomic E-state index is 13.8. The third kappa shape index (κ3) is 3.62. The van der Waals surface area contributed by atoms with Crippen molar-refractivity contribution in [2.75, 3.05) is 7.05 Å². The molecule has 2 saturated heterocycles. The van der Waals surface area contributed by atoms with E-state index in [1.165, 1.54) is 25.0 Å². The second-order valence-electron chi connectivity index (χ2n) is 8.02. The third-order valence-electron chi connectivity index (χ3n) is 6.46. The molecular weight excluding hydrogens is 354 g/mol. The maximum atomic E-state index is 13.8. The smallest absolute Gasteiger partial charge is 0.159 e. The van der Waals surface area contributed by atoms with E-state index in [-0.39, 0.29) is 5.92 Å². The second-order valence-corrected chi connectivity index (χ2v) is 8.02. The highest BCUT2D eigenvalue weighted by atomic mass is 19.2. The zero-order valence-electron chi connectivity index (χ0n) is 15.3. The molecule has 2 aromatic carbocycles. The SMILES string of the molecule is CN1C2CCC1CC(CC(c1ccc(F)c(F)c1)c1ccc(F)c(F)c1)C2. The molecule has 2 heterocycles. The van der Waals surface area contributed by atoms with Crippen LogP contribution < -0.4 is 0 Å². The van der Waals surface area contributed by atoms with Crippen LogP contribution in [0.15, 0.2) is 36.4 Å². The molecule has 2 unspecified atom stereocenters. The average Bonchev–Trinajstić information content (AvgIpc) is 2.85. The average molecular weight is 377 g/mol. The Morgan fingerprint density at radius 2 is 1.30 bits per heavy atom. The van der Waals surface area contributed by atoms with Gasteiger partial charge in [0.15, 0.2) is 23.3 Å². The molecule has 0 radical (unpaired) electrons. The van der Waals surface area contributed by atoms with Crippen molar-refractivity contribution >= 4 is 0 Å². The van der Waals surface area contributed by atoms with Crippen molar-refractivity contribution in [1.29, 1.82) is 0 Å². The summed E-state index contributed by atoms with van der Waals surface area (Å²) in [4.78, 5) is 2.45. The summed E-state index contributed by atoms with van der Waals surface area (Å²) in [5, 5.41) is 0. The standard InChI is InChI=1S/C22H23F4N/c1-27-16-4-5-17(27)9-13(8-16)10-18(14-2-6-19(23)21(25)11-14)15-3-7-20(24)22(26)12-15/h2-3,6-7,11-13,16-18H,4-5,8-10H2,1H3. The van der Waals surface area contributed by atoms with Crippen molar-refractivity contribution in [1.82, 2.24) is 4.90 Å². The first-order valence-corrected chi connectivity index (χ1v) is 9.54. The van der Waals surface area contributed by atoms with E-state index in [9.17, 15) is 17.6 Å². The fraction of sp³-hybridized carbons (Fsp3) is 0.455. The van der Waals surface area contributed by atoms with Gasteiger partial charge in [-0.15, -0.1) is 0 Å². The zero-order chi connectivity index (χ0) is 19.1. The predicted molar refractivity (Wildman–Crippen MR) is 96.5 cm³/mol. The first-order chi connectivity index (χ1) is 12.9. The van der Waals surface area contributed by atoms with Crippen molar-refractivity contribution in [3.63, 3.8) is 0 Å². The topological polar surface area (TPSA) is 3.24 Å². The minimum atomic E-state index is -0.913. The van der Waals surface area contributed by atoms with Crippen molar-refractivity contribution in [2.45, 2.75) is 50.1 Å². The maximum Gasteiger partial charge on any atom is 0.159 e. The van der Waals surface area contributed by atoms with E-state index in [1.54, 1.807) is 12.1 Å². The first kappa shape index (κ1) is 18.5. The molecular formula is C22H23F4N. The van der Waals surface area contributed by atoms with E-state index < -0.39 is 23.3 Å². The molecule has 2 atom stereocenters. The largest absolute Gasteiger partial charge is 0.300 e. The molecule has 2 aliphatic rings. The fourth-order valence-electron chi connectivity index (χ4n) is 4.97. The van der Waals surface area contributed by atoms with Crippen LogP contribution in [0, 0.1) is 29.2 Å². The number of hydrogen-bond donors (Lipinski definition) is 0. The van der Waals surface area contributed by atoms with Gasteiger partial charge in [0.05, 0.1) is 0 Å². The molecule has 4 rings (SSSR count). The summed E-state index contributed by atoms with van der Waals surface area (Å²) in [7, 11) is 2.17. The second kappa shape index (κ2) is 7.27. The van der Waals surface area contributed by atoms with Gasteiger partial charge in [0.1, 0.15) is 0 Å². The molecule has 0 N–H and O–H groups in total. The van der Waals surface area contributed by atoms with E-state index in [0.717, 1.165) is 31.4 Å². The predicted octanol–water partition coefficient (Wildman–Crippen LogP) is 5.64. The number of piperidine rings is 1. The van der Waals surface area contributed by atoms with Gasteiger partial charge < -0.3 is 4.90 Å². The summed E-state index contributed by atoms with van der Waals surface area (Å²) < 4.78 is 54.5. The lowest BCUT2D eigenvalue weighted by molar-refractivity contribution is 0.127. The van der Waals surface area contributed by atoms with Crippen LogP contribution in [0.25, 0.3) is 0 Å². The monoisotopic (exact) mass is 377 g/mol. The Hall–Kier alpha value is -1.88. The molecule has 0 spiro atoms. The summed E-state index contributed by atoms with van der Waals surface area (Å²) in [6, 6.07) is 8.80. The summed E-state index contributed by atoms with van der Waals surface area (Å²) in [5.41, 5.74) is 1.21. The molecule has 2 aromatic rings. The molecule has 1 nitrogen and oxygen atoms in total. The highest BCUT2D eigenvalue weighted by Crippen LogP contribution is 2.43. The summed E-state index contributed by atoms with van der Waals surface area (Å²) in [5.74, 6) is -3.50. The lowest BCUT2D eigenvalue weighted by Gasteiger charge is -2.38. The van der Waals surface area contributed by atoms with Gasteiger partial charge in [0.2, 0.25) is 0 Å². The number of fused-ring (bicyclic) bond motifs is 2. The van der Waals surface area contributed by atoms with Crippen LogP contribution >= 0.6 is 0 Å². The quantitative estimate of drug-likeness (QED) is 0.624. The molecule has 0 aliphatic carbocycles. The first-order valence-electron chi connectivity index (χ1n) is 9.54. The van der Waals surface area contributed by atoms with Gasteiger partial charge in [-0.05, 0) is 80.5 Å². The summed E-state index contributed by atoms with van der Waals surface area (Å²) in [6.07, 6.45) is 5.21. The zero-order valence-corrected chi connectivity index (χ0v) is 15.3. The van der Waals surface area contributed by atoms with Gasteiger partial charge in [-0.3, -0.25) is 0 Å². The van der Waals surface area contributed by atoms with E-state index in [1.807, 2.05) is 0 Å². The van der Waals surface area contributed by atoms with Crippen molar-refractivity contribution in [3.05, 3.63) is 70.8 Å². The number of rotatable bonds is 4. The molecule has 0 saturated carbocycles. The van der Waals surface area contributed by atoms with Crippen molar-refractivity contribution in [2.24, 2.45) is 5.92 Å². The molecule has 2 aliphatic heterocycles. The van der Waals surface area contributed by atoms with Crippen LogP contribution in [-0.2, 0) is 0 Å². The summed E-state index contributed by atoms with van der Waals surface area (Å²) in [6.45, 7) is 0. The molecule has 2 fully saturated rings. The summed E-state index contributed by atoms with van der Waals surface area (Å²) >= 11 is 0. The Bertz CT molecular complexity index is 772. The van der Waals surface area contributed by atoms with Crippen LogP contribution in [0.2, 0.25) is 0 Å². The number of benzene rings is 2. The molecule has 0 aromatic heterocycles. The van der Waals surface area contributed by atoms with E-state index in [4.69, 9.17) is 0 Å². The lowest BCUT2D eigenvalue weighted by atomic mass is 9.78. The van der Waals surface area contributed by atoms with E-state index in [0.29, 0.717) is 29.1 Å². The lowest BCUT2D eigenvalue weighted by Crippen LogP contribution is -2.40. The van der Waals surface area contributed by atoms with Gasteiger partial charge in [0.25, 0.3) is 0 Å². The number of halogens is 4. The molecule has 2 bridgehead atoms. The van der Waals surface area contributed by atoms with E-state index in [2.05, 4.69) is 11.9 Å². The van der Waals surface area contributed by atoms with Gasteiger partial charge in [-0.2, -0.15) is 0 Å². The highest BCUT2D eigenvalue weighted by molar-refractivity contribution is 5.34. The Kier molecular flexibility index (Phi) is 4.97. The van der Waals surface area contributed by atoms with E-state index >= 15 is 0 Å². The number of hydrogen-bond acceptors (Lipinski definition) is 1. The van der Waals surface area contributed by atoms with Crippen LogP contribution in [0.5, 0.6) is 0 Å². The van der Waals surface area contributed by atoms with Crippen molar-refractivity contribution in [3.8, 4) is 0 Å². The Morgan fingerprint density at radius 1 is 0.815 bits per heavy atom. The van der Waals surface area contributed by atoms with Gasteiger partial charge >= 0.3 is 0 Å². The van der Waals surface area contributed by atoms with Crippen LogP contribution in [0.4, 0.5) is 17.6 Å². The highest BCUT2D eigenvalue weighted by Gasteiger charge is 2.39. The van der Waals surface area contributed by atoms with Crippen molar-refractivity contribution < 1.29 is 17.6 Å². The molecule has 144 valence electrons. The normalized spacial score (nSPS) is 25.3. The minimum absolute atomic E-state index is 0.289. The van der Waals surface area contributed by atoms with Gasteiger partial charge in [-0.25, -0.2) is 17.6 Å². The third-order valence-corrected chi connectivity index (χ3v) is 6.46. The van der Waals surface area contributed by atoms with Crippen LogP contribution in [0.3, 0.4) is 0 Å². The Balaban J connectivity index is 1.65. The van der Waals surface area contributed by atoms with Gasteiger partial charge in [-0.1, -0.05) is 12.1 Å².